The second-order valence-corrected chi connectivity index (χ2v) is 5.70. The van der Waals surface area contributed by atoms with Crippen LogP contribution in [0, 0.1) is 5.82 Å². The Hall–Kier alpha value is -0.780. The number of benzene rings is 1. The molecule has 0 saturated carbocycles. The summed E-state index contributed by atoms with van der Waals surface area (Å²) in [7, 11) is 0. The maximum atomic E-state index is 13.1. The Morgan fingerprint density at radius 2 is 2.33 bits per heavy atom. The van der Waals surface area contributed by atoms with Crippen molar-refractivity contribution >= 4 is 27.3 Å². The van der Waals surface area contributed by atoms with E-state index in [0.29, 0.717) is 0 Å². The number of halogens is 2. The molecular weight excluding hydrogens is 315 g/mol. The summed E-state index contributed by atoms with van der Waals surface area (Å²) in [6.07, 6.45) is 2.83. The Balaban J connectivity index is 2.33. The van der Waals surface area contributed by atoms with Gasteiger partial charge in [0.15, 0.2) is 0 Å². The molecule has 18 heavy (non-hydrogen) atoms. The van der Waals surface area contributed by atoms with Gasteiger partial charge in [-0.25, -0.2) is 9.37 Å². The molecule has 0 aliphatic heterocycles. The summed E-state index contributed by atoms with van der Waals surface area (Å²) in [5, 5.41) is 6.39. The number of nitrogens with one attached hydrogen (secondary N) is 1. The van der Waals surface area contributed by atoms with E-state index in [1.807, 2.05) is 5.38 Å². The van der Waals surface area contributed by atoms with E-state index in [0.717, 1.165) is 28.0 Å². The molecule has 0 saturated heterocycles. The molecule has 1 N–H and O–H groups in total. The van der Waals surface area contributed by atoms with Crippen molar-refractivity contribution in [2.24, 2.45) is 0 Å². The van der Waals surface area contributed by atoms with E-state index in [2.05, 4.69) is 33.2 Å². The zero-order valence-electron chi connectivity index (χ0n) is 9.99. The molecule has 0 bridgehead atoms. The molecule has 1 aromatic heterocycles. The van der Waals surface area contributed by atoms with E-state index < -0.39 is 0 Å². The monoisotopic (exact) mass is 328 g/mol. The van der Waals surface area contributed by atoms with Crippen LogP contribution in [0.1, 0.15) is 30.0 Å². The Morgan fingerprint density at radius 1 is 1.50 bits per heavy atom. The summed E-state index contributed by atoms with van der Waals surface area (Å²) in [5.74, 6) is -0.237. The lowest BCUT2D eigenvalue weighted by molar-refractivity contribution is 0.588. The summed E-state index contributed by atoms with van der Waals surface area (Å²) in [5.41, 5.74) is 1.01. The van der Waals surface area contributed by atoms with Crippen molar-refractivity contribution < 1.29 is 4.39 Å². The van der Waals surface area contributed by atoms with E-state index >= 15 is 0 Å². The van der Waals surface area contributed by atoms with Crippen molar-refractivity contribution in [3.8, 4) is 0 Å². The van der Waals surface area contributed by atoms with Crippen molar-refractivity contribution in [3.63, 3.8) is 0 Å². The maximum absolute atomic E-state index is 13.1. The van der Waals surface area contributed by atoms with Crippen LogP contribution in [0.3, 0.4) is 0 Å². The van der Waals surface area contributed by atoms with Crippen molar-refractivity contribution in [1.29, 1.82) is 0 Å². The third-order valence-electron chi connectivity index (χ3n) is 2.57. The van der Waals surface area contributed by atoms with Gasteiger partial charge in [-0.05, 0) is 30.7 Å². The minimum atomic E-state index is -0.237. The topological polar surface area (TPSA) is 24.9 Å². The first-order valence-electron chi connectivity index (χ1n) is 5.80. The number of thiazole rings is 1. The molecule has 0 radical (unpaired) electrons. The average molecular weight is 329 g/mol. The zero-order chi connectivity index (χ0) is 13.0. The zero-order valence-corrected chi connectivity index (χ0v) is 12.4. The highest BCUT2D eigenvalue weighted by Gasteiger charge is 2.18. The van der Waals surface area contributed by atoms with Gasteiger partial charge in [-0.15, -0.1) is 11.3 Å². The minimum Gasteiger partial charge on any atom is -0.304 e. The SMILES string of the molecule is CCCNC(c1nccs1)c1ccc(F)cc1Br. The van der Waals surface area contributed by atoms with E-state index in [9.17, 15) is 4.39 Å². The molecular formula is C13H14BrFN2S. The van der Waals surface area contributed by atoms with Crippen LogP contribution >= 0.6 is 27.3 Å². The molecule has 2 nitrogen and oxygen atoms in total. The summed E-state index contributed by atoms with van der Waals surface area (Å²) in [6.45, 7) is 3.01. The Morgan fingerprint density at radius 3 is 2.94 bits per heavy atom. The van der Waals surface area contributed by atoms with E-state index in [1.165, 1.54) is 12.1 Å². The molecule has 0 aliphatic rings. The normalized spacial score (nSPS) is 12.6. The fourth-order valence-electron chi connectivity index (χ4n) is 1.73. The van der Waals surface area contributed by atoms with Crippen molar-refractivity contribution in [3.05, 3.63) is 50.6 Å². The molecule has 2 aromatic rings. The van der Waals surface area contributed by atoms with E-state index in [1.54, 1.807) is 23.6 Å². The predicted molar refractivity (Wildman–Crippen MR) is 76.4 cm³/mol. The second kappa shape index (κ2) is 6.41. The van der Waals surface area contributed by atoms with Crippen molar-refractivity contribution in [2.75, 3.05) is 6.54 Å². The van der Waals surface area contributed by atoms with Crippen molar-refractivity contribution in [1.82, 2.24) is 10.3 Å². The summed E-state index contributed by atoms with van der Waals surface area (Å²) in [4.78, 5) is 4.35. The number of nitrogens with zero attached hydrogens (tertiary/aromatic N) is 1. The largest absolute Gasteiger partial charge is 0.304 e. The van der Waals surface area contributed by atoms with Crippen LogP contribution in [0.4, 0.5) is 4.39 Å². The molecule has 0 fully saturated rings. The third kappa shape index (κ3) is 3.16. The average Bonchev–Trinajstić information content (AvgIpc) is 2.85. The molecule has 1 atom stereocenters. The van der Waals surface area contributed by atoms with Crippen LogP contribution in [-0.2, 0) is 0 Å². The van der Waals surface area contributed by atoms with Crippen LogP contribution < -0.4 is 5.32 Å². The molecule has 2 rings (SSSR count). The van der Waals surface area contributed by atoms with Crippen molar-refractivity contribution in [2.45, 2.75) is 19.4 Å². The molecule has 1 heterocycles. The second-order valence-electron chi connectivity index (χ2n) is 3.92. The first-order chi connectivity index (χ1) is 8.72. The Labute approximate surface area is 118 Å². The van der Waals surface area contributed by atoms with Gasteiger partial charge in [-0.2, -0.15) is 0 Å². The highest BCUT2D eigenvalue weighted by molar-refractivity contribution is 9.10. The molecule has 0 aliphatic carbocycles. The van der Waals surface area contributed by atoms with E-state index in [4.69, 9.17) is 0 Å². The van der Waals surface area contributed by atoms with Gasteiger partial charge in [-0.1, -0.05) is 28.9 Å². The van der Waals surface area contributed by atoms with E-state index in [-0.39, 0.29) is 11.9 Å². The number of rotatable bonds is 5. The summed E-state index contributed by atoms with van der Waals surface area (Å²) >= 11 is 5.02. The number of hydrogen-bond acceptors (Lipinski definition) is 3. The highest BCUT2D eigenvalue weighted by Crippen LogP contribution is 2.30. The van der Waals surface area contributed by atoms with Crippen LogP contribution in [0.5, 0.6) is 0 Å². The van der Waals surface area contributed by atoms with Gasteiger partial charge in [0.2, 0.25) is 0 Å². The van der Waals surface area contributed by atoms with Crippen LogP contribution in [0.2, 0.25) is 0 Å². The fourth-order valence-corrected chi connectivity index (χ4v) is 3.04. The lowest BCUT2D eigenvalue weighted by atomic mass is 10.1. The Bertz CT molecular complexity index is 502. The van der Waals surface area contributed by atoms with Gasteiger partial charge >= 0.3 is 0 Å². The summed E-state index contributed by atoms with van der Waals surface area (Å²) in [6, 6.07) is 4.78. The van der Waals surface area contributed by atoms with Gasteiger partial charge < -0.3 is 5.32 Å². The van der Waals surface area contributed by atoms with Gasteiger partial charge in [-0.3, -0.25) is 0 Å². The maximum Gasteiger partial charge on any atom is 0.124 e. The van der Waals surface area contributed by atoms with Crippen LogP contribution in [-0.4, -0.2) is 11.5 Å². The third-order valence-corrected chi connectivity index (χ3v) is 4.10. The molecule has 0 amide bonds. The lowest BCUT2D eigenvalue weighted by Crippen LogP contribution is -2.23. The molecule has 1 aromatic carbocycles. The fraction of sp³-hybridized carbons (Fsp3) is 0.308. The first-order valence-corrected chi connectivity index (χ1v) is 7.47. The molecule has 5 heteroatoms. The molecule has 1 unspecified atom stereocenters. The first kappa shape index (κ1) is 13.6. The number of hydrogen-bond donors (Lipinski definition) is 1. The van der Waals surface area contributed by atoms with Crippen LogP contribution in [0.15, 0.2) is 34.2 Å². The smallest absolute Gasteiger partial charge is 0.124 e. The molecule has 96 valence electrons. The predicted octanol–water partition coefficient (Wildman–Crippen LogP) is 4.13. The van der Waals surface area contributed by atoms with Crippen LogP contribution in [0.25, 0.3) is 0 Å². The lowest BCUT2D eigenvalue weighted by Gasteiger charge is -2.18. The number of aromatic nitrogens is 1. The van der Waals surface area contributed by atoms with Gasteiger partial charge in [0.05, 0.1) is 6.04 Å². The minimum absolute atomic E-state index is 0.0138. The van der Waals surface area contributed by atoms with Gasteiger partial charge in [0, 0.05) is 16.0 Å². The van der Waals surface area contributed by atoms with Gasteiger partial charge in [0.25, 0.3) is 0 Å². The Kier molecular flexibility index (Phi) is 4.86. The van der Waals surface area contributed by atoms with Gasteiger partial charge in [0.1, 0.15) is 10.8 Å². The quantitative estimate of drug-likeness (QED) is 0.892. The highest BCUT2D eigenvalue weighted by atomic mass is 79.9. The molecule has 0 spiro atoms. The standard InChI is InChI=1S/C13H14BrFN2S/c1-2-5-16-12(13-17-6-7-18-13)10-4-3-9(15)8-11(10)14/h3-4,6-8,12,16H,2,5H2,1H3. The summed E-state index contributed by atoms with van der Waals surface area (Å²) < 4.78 is 13.9.